The van der Waals surface area contributed by atoms with Crippen molar-refractivity contribution >= 4 is 11.9 Å². The molecular formula is C16H19NO3. The highest BCUT2D eigenvalue weighted by molar-refractivity contribution is 5.84. The van der Waals surface area contributed by atoms with Gasteiger partial charge in [-0.1, -0.05) is 36.4 Å². The minimum atomic E-state index is -0.911. The molecule has 106 valence electrons. The van der Waals surface area contributed by atoms with E-state index in [1.165, 1.54) is 4.90 Å². The fraction of sp³-hybridized carbons (Fsp3) is 0.375. The van der Waals surface area contributed by atoms with Gasteiger partial charge in [-0.2, -0.15) is 0 Å². The van der Waals surface area contributed by atoms with Crippen LogP contribution >= 0.6 is 0 Å². The minimum Gasteiger partial charge on any atom is -0.480 e. The average molecular weight is 273 g/mol. The van der Waals surface area contributed by atoms with Gasteiger partial charge in [-0.15, -0.1) is 6.58 Å². The molecule has 0 aliphatic carbocycles. The van der Waals surface area contributed by atoms with Gasteiger partial charge in [0.2, 0.25) is 5.91 Å². The van der Waals surface area contributed by atoms with Gasteiger partial charge in [-0.25, -0.2) is 4.79 Å². The number of carbonyl (C=O) groups excluding carboxylic acids is 1. The highest BCUT2D eigenvalue weighted by Crippen LogP contribution is 2.25. The van der Waals surface area contributed by atoms with Gasteiger partial charge in [0.1, 0.15) is 6.04 Å². The number of amides is 1. The quantitative estimate of drug-likeness (QED) is 0.838. The van der Waals surface area contributed by atoms with E-state index in [1.807, 2.05) is 30.3 Å². The summed E-state index contributed by atoms with van der Waals surface area (Å²) in [5.41, 5.74) is 1.03. The summed E-state index contributed by atoms with van der Waals surface area (Å²) in [4.78, 5) is 24.9. The molecule has 20 heavy (non-hydrogen) atoms. The average Bonchev–Trinajstić information content (AvgIpc) is 2.95. The molecule has 4 nitrogen and oxygen atoms in total. The first-order valence-electron chi connectivity index (χ1n) is 6.83. The van der Waals surface area contributed by atoms with E-state index in [2.05, 4.69) is 6.58 Å². The third-order valence-corrected chi connectivity index (χ3v) is 3.76. The number of nitrogens with zero attached hydrogens (tertiary/aromatic N) is 1. The molecule has 1 aliphatic heterocycles. The van der Waals surface area contributed by atoms with Gasteiger partial charge in [0, 0.05) is 18.9 Å². The number of carboxylic acids is 1. The van der Waals surface area contributed by atoms with Crippen molar-refractivity contribution in [3.8, 4) is 0 Å². The van der Waals surface area contributed by atoms with E-state index in [9.17, 15) is 9.59 Å². The summed E-state index contributed by atoms with van der Waals surface area (Å²) in [6.07, 6.45) is 3.33. The van der Waals surface area contributed by atoms with Crippen LogP contribution in [-0.2, 0) is 9.59 Å². The van der Waals surface area contributed by atoms with Crippen LogP contribution in [0.3, 0.4) is 0 Å². The zero-order chi connectivity index (χ0) is 14.5. The van der Waals surface area contributed by atoms with Crippen LogP contribution in [0.15, 0.2) is 43.0 Å². The summed E-state index contributed by atoms with van der Waals surface area (Å²) < 4.78 is 0. The monoisotopic (exact) mass is 273 g/mol. The van der Waals surface area contributed by atoms with Crippen molar-refractivity contribution in [3.05, 3.63) is 48.6 Å². The first-order chi connectivity index (χ1) is 9.63. The maximum atomic E-state index is 12.3. The molecular weight excluding hydrogens is 254 g/mol. The Morgan fingerprint density at radius 3 is 2.70 bits per heavy atom. The molecule has 1 fully saturated rings. The Hall–Kier alpha value is -2.10. The summed E-state index contributed by atoms with van der Waals surface area (Å²) in [7, 11) is 0. The number of aliphatic carboxylic acids is 1. The molecule has 1 heterocycles. The molecule has 0 aromatic heterocycles. The lowest BCUT2D eigenvalue weighted by atomic mass is 9.95. The Bertz CT molecular complexity index is 498. The third kappa shape index (κ3) is 3.07. The van der Waals surface area contributed by atoms with Crippen molar-refractivity contribution in [2.24, 2.45) is 0 Å². The van der Waals surface area contributed by atoms with Crippen molar-refractivity contribution in [2.45, 2.75) is 31.2 Å². The summed E-state index contributed by atoms with van der Waals surface area (Å²) >= 11 is 0. The minimum absolute atomic E-state index is 0.0706. The molecule has 0 spiro atoms. The molecule has 1 aromatic carbocycles. The largest absolute Gasteiger partial charge is 0.480 e. The molecule has 1 amide bonds. The van der Waals surface area contributed by atoms with E-state index < -0.39 is 12.0 Å². The Labute approximate surface area is 118 Å². The number of hydrogen-bond donors (Lipinski definition) is 1. The van der Waals surface area contributed by atoms with E-state index in [4.69, 9.17) is 5.11 Å². The lowest BCUT2D eigenvalue weighted by molar-refractivity contribution is -0.148. The number of carboxylic acid groups (broad SMARTS) is 1. The topological polar surface area (TPSA) is 57.6 Å². The predicted molar refractivity (Wildman–Crippen MR) is 76.4 cm³/mol. The van der Waals surface area contributed by atoms with Crippen LogP contribution in [0.4, 0.5) is 0 Å². The van der Waals surface area contributed by atoms with Gasteiger partial charge in [0.05, 0.1) is 0 Å². The number of likely N-dealkylation sites (tertiary alicyclic amines) is 1. The highest BCUT2D eigenvalue weighted by atomic mass is 16.4. The molecule has 1 aliphatic rings. The lowest BCUT2D eigenvalue weighted by Gasteiger charge is -2.23. The Kier molecular flexibility index (Phi) is 4.56. The molecule has 4 heteroatoms. The second kappa shape index (κ2) is 6.37. The van der Waals surface area contributed by atoms with E-state index in [1.54, 1.807) is 6.08 Å². The van der Waals surface area contributed by atoms with Gasteiger partial charge in [-0.3, -0.25) is 4.79 Å². The smallest absolute Gasteiger partial charge is 0.326 e. The zero-order valence-electron chi connectivity index (χ0n) is 11.4. The van der Waals surface area contributed by atoms with Crippen molar-refractivity contribution in [2.75, 3.05) is 6.54 Å². The van der Waals surface area contributed by atoms with E-state index in [0.29, 0.717) is 13.0 Å². The Morgan fingerprint density at radius 2 is 2.10 bits per heavy atom. The van der Waals surface area contributed by atoms with Gasteiger partial charge >= 0.3 is 5.97 Å². The molecule has 1 saturated heterocycles. The highest BCUT2D eigenvalue weighted by Gasteiger charge is 2.34. The molecule has 2 rings (SSSR count). The Morgan fingerprint density at radius 1 is 1.40 bits per heavy atom. The van der Waals surface area contributed by atoms with Gasteiger partial charge in [-0.05, 0) is 18.4 Å². The predicted octanol–water partition coefficient (Wildman–Crippen LogP) is 2.42. The van der Waals surface area contributed by atoms with Crippen molar-refractivity contribution < 1.29 is 14.7 Å². The summed E-state index contributed by atoms with van der Waals surface area (Å²) in [6.45, 7) is 4.32. The van der Waals surface area contributed by atoms with Gasteiger partial charge < -0.3 is 10.0 Å². The van der Waals surface area contributed by atoms with Crippen LogP contribution in [0, 0.1) is 0 Å². The molecule has 1 aromatic rings. The van der Waals surface area contributed by atoms with E-state index in [0.717, 1.165) is 12.0 Å². The van der Waals surface area contributed by atoms with Crippen LogP contribution in [0.2, 0.25) is 0 Å². The molecule has 0 radical (unpaired) electrons. The second-order valence-electron chi connectivity index (χ2n) is 5.04. The number of carbonyl (C=O) groups is 2. The maximum absolute atomic E-state index is 12.3. The van der Waals surface area contributed by atoms with E-state index in [-0.39, 0.29) is 18.2 Å². The third-order valence-electron chi connectivity index (χ3n) is 3.76. The van der Waals surface area contributed by atoms with Crippen molar-refractivity contribution in [1.82, 2.24) is 4.90 Å². The van der Waals surface area contributed by atoms with Crippen molar-refractivity contribution in [3.63, 3.8) is 0 Å². The first-order valence-corrected chi connectivity index (χ1v) is 6.83. The fourth-order valence-corrected chi connectivity index (χ4v) is 2.66. The van der Waals surface area contributed by atoms with Gasteiger partial charge in [0.25, 0.3) is 0 Å². The standard InChI is InChI=1S/C16H19NO3/c1-2-12(13-7-4-3-5-8-13)11-15(18)17-10-6-9-14(17)16(19)20/h2-5,7-8,12,14H,1,6,9-11H2,(H,19,20)/t12?,14-/m0/s1. The normalized spacial score (nSPS) is 19.6. The van der Waals surface area contributed by atoms with Crippen LogP contribution in [0.25, 0.3) is 0 Å². The second-order valence-corrected chi connectivity index (χ2v) is 5.04. The molecule has 1 N–H and O–H groups in total. The number of hydrogen-bond acceptors (Lipinski definition) is 2. The van der Waals surface area contributed by atoms with E-state index >= 15 is 0 Å². The zero-order valence-corrected chi connectivity index (χ0v) is 11.4. The SMILES string of the molecule is C=CC(CC(=O)N1CCC[C@H]1C(=O)O)c1ccccc1. The van der Waals surface area contributed by atoms with Crippen LogP contribution < -0.4 is 0 Å². The van der Waals surface area contributed by atoms with Crippen LogP contribution in [0.1, 0.15) is 30.7 Å². The molecule has 0 bridgehead atoms. The fourth-order valence-electron chi connectivity index (χ4n) is 2.66. The van der Waals surface area contributed by atoms with Gasteiger partial charge in [0.15, 0.2) is 0 Å². The van der Waals surface area contributed by atoms with Crippen LogP contribution in [-0.4, -0.2) is 34.5 Å². The number of benzene rings is 1. The molecule has 2 atom stereocenters. The molecule has 0 saturated carbocycles. The number of rotatable bonds is 5. The maximum Gasteiger partial charge on any atom is 0.326 e. The molecule has 1 unspecified atom stereocenters. The lowest BCUT2D eigenvalue weighted by Crippen LogP contribution is -2.40. The summed E-state index contributed by atoms with van der Waals surface area (Å²) in [5, 5.41) is 9.13. The van der Waals surface area contributed by atoms with Crippen LogP contribution in [0.5, 0.6) is 0 Å². The summed E-state index contributed by atoms with van der Waals surface area (Å²) in [6, 6.07) is 9.02. The number of allylic oxidation sites excluding steroid dienone is 1. The summed E-state index contributed by atoms with van der Waals surface area (Å²) in [5.74, 6) is -1.09. The Balaban J connectivity index is 2.06. The van der Waals surface area contributed by atoms with Crippen molar-refractivity contribution in [1.29, 1.82) is 0 Å². The first kappa shape index (κ1) is 14.3.